The molecule has 4 rings (SSSR count). The number of hydrogen-bond donors (Lipinski definition) is 0. The van der Waals surface area contributed by atoms with Crippen LogP contribution in [0.3, 0.4) is 0 Å². The van der Waals surface area contributed by atoms with Crippen LogP contribution in [0.1, 0.15) is 9.88 Å². The summed E-state index contributed by atoms with van der Waals surface area (Å²) in [6, 6.07) is 9.83. The van der Waals surface area contributed by atoms with Crippen molar-refractivity contribution in [2.75, 3.05) is 14.2 Å². The average Bonchev–Trinajstić information content (AvgIpc) is 3.32. The molecular weight excluding hydrogens is 344 g/mol. The summed E-state index contributed by atoms with van der Waals surface area (Å²) in [6.45, 7) is 0. The lowest BCUT2D eigenvalue weighted by molar-refractivity contribution is 0.355. The van der Waals surface area contributed by atoms with Crippen LogP contribution >= 0.6 is 22.7 Å². The number of methoxy groups -OCH3 is 2. The van der Waals surface area contributed by atoms with E-state index < -0.39 is 0 Å². The minimum Gasteiger partial charge on any atom is -0.493 e. The summed E-state index contributed by atoms with van der Waals surface area (Å²) >= 11 is 3.29. The van der Waals surface area contributed by atoms with Crippen molar-refractivity contribution in [1.82, 2.24) is 19.8 Å². The van der Waals surface area contributed by atoms with E-state index in [2.05, 4.69) is 32.8 Å². The molecule has 0 amide bonds. The Labute approximate surface area is 146 Å². The van der Waals surface area contributed by atoms with Gasteiger partial charge in [0.05, 0.1) is 14.2 Å². The third-order valence-electron chi connectivity index (χ3n) is 3.58. The minimum atomic E-state index is 0.654. The number of thiophene rings is 1. The SMILES string of the molecule is COc1ccc(-c2nnc3sc(Cc4cccs4)nn23)cc1OC. The monoisotopic (exact) mass is 358 g/mol. The highest BCUT2D eigenvalue weighted by Gasteiger charge is 2.15. The molecule has 4 aromatic rings. The van der Waals surface area contributed by atoms with Crippen molar-refractivity contribution in [3.8, 4) is 22.9 Å². The largest absolute Gasteiger partial charge is 0.493 e. The summed E-state index contributed by atoms with van der Waals surface area (Å²) in [5.41, 5.74) is 0.883. The molecule has 0 spiro atoms. The van der Waals surface area contributed by atoms with Gasteiger partial charge in [0, 0.05) is 16.9 Å². The van der Waals surface area contributed by atoms with Crippen LogP contribution in [-0.2, 0) is 6.42 Å². The predicted molar refractivity (Wildman–Crippen MR) is 94.3 cm³/mol. The summed E-state index contributed by atoms with van der Waals surface area (Å²) in [5, 5.41) is 16.3. The molecule has 0 saturated heterocycles. The van der Waals surface area contributed by atoms with Crippen molar-refractivity contribution >= 4 is 27.6 Å². The van der Waals surface area contributed by atoms with E-state index in [1.165, 1.54) is 4.88 Å². The first-order valence-electron chi connectivity index (χ1n) is 7.24. The van der Waals surface area contributed by atoms with Crippen molar-refractivity contribution in [2.45, 2.75) is 6.42 Å². The van der Waals surface area contributed by atoms with Crippen LogP contribution in [0.5, 0.6) is 11.5 Å². The number of aromatic nitrogens is 4. The molecule has 3 aromatic heterocycles. The molecule has 0 unspecified atom stereocenters. The summed E-state index contributed by atoms with van der Waals surface area (Å²) in [6.07, 6.45) is 0.817. The standard InChI is InChI=1S/C16H14N4O2S2/c1-21-12-6-5-10(8-13(12)22-2)15-17-18-16-20(15)19-14(24-16)9-11-4-3-7-23-11/h3-8H,9H2,1-2H3. The van der Waals surface area contributed by atoms with Gasteiger partial charge in [-0.05, 0) is 29.6 Å². The Balaban J connectivity index is 1.73. The Morgan fingerprint density at radius 3 is 2.71 bits per heavy atom. The highest BCUT2D eigenvalue weighted by Crippen LogP contribution is 2.32. The molecule has 8 heteroatoms. The van der Waals surface area contributed by atoms with E-state index in [4.69, 9.17) is 9.47 Å². The first-order valence-corrected chi connectivity index (χ1v) is 8.94. The highest BCUT2D eigenvalue weighted by molar-refractivity contribution is 7.17. The van der Waals surface area contributed by atoms with Gasteiger partial charge in [-0.25, -0.2) is 0 Å². The van der Waals surface area contributed by atoms with Gasteiger partial charge < -0.3 is 9.47 Å². The van der Waals surface area contributed by atoms with Gasteiger partial charge in [0.2, 0.25) is 4.96 Å². The van der Waals surface area contributed by atoms with Crippen molar-refractivity contribution in [3.05, 3.63) is 45.6 Å². The fraction of sp³-hybridized carbons (Fsp3) is 0.188. The quantitative estimate of drug-likeness (QED) is 0.546. The molecule has 0 atom stereocenters. The van der Waals surface area contributed by atoms with E-state index in [9.17, 15) is 0 Å². The number of ether oxygens (including phenoxy) is 2. The number of nitrogens with zero attached hydrogens (tertiary/aromatic N) is 4. The molecular formula is C16H14N4O2S2. The minimum absolute atomic E-state index is 0.654. The Hall–Kier alpha value is -2.45. The topological polar surface area (TPSA) is 61.5 Å². The number of rotatable bonds is 5. The van der Waals surface area contributed by atoms with E-state index >= 15 is 0 Å². The van der Waals surface area contributed by atoms with E-state index in [0.29, 0.717) is 17.3 Å². The second kappa shape index (κ2) is 6.21. The second-order valence-electron chi connectivity index (χ2n) is 5.04. The number of hydrogen-bond acceptors (Lipinski definition) is 7. The maximum atomic E-state index is 5.36. The van der Waals surface area contributed by atoms with Gasteiger partial charge in [-0.2, -0.15) is 9.61 Å². The lowest BCUT2D eigenvalue weighted by Gasteiger charge is -2.08. The Morgan fingerprint density at radius 2 is 1.96 bits per heavy atom. The molecule has 0 aliphatic heterocycles. The van der Waals surface area contributed by atoms with Gasteiger partial charge in [0.25, 0.3) is 0 Å². The molecule has 6 nitrogen and oxygen atoms in total. The van der Waals surface area contributed by atoms with Crippen LogP contribution in [0, 0.1) is 0 Å². The maximum absolute atomic E-state index is 5.36. The normalized spacial score (nSPS) is 11.1. The molecule has 0 aliphatic rings. The Kier molecular flexibility index (Phi) is 3.91. The second-order valence-corrected chi connectivity index (χ2v) is 7.11. The van der Waals surface area contributed by atoms with Gasteiger partial charge in [-0.15, -0.1) is 21.5 Å². The lowest BCUT2D eigenvalue weighted by Crippen LogP contribution is -1.95. The van der Waals surface area contributed by atoms with Crippen molar-refractivity contribution < 1.29 is 9.47 Å². The average molecular weight is 358 g/mol. The first kappa shape index (κ1) is 15.1. The van der Waals surface area contributed by atoms with Gasteiger partial charge in [-0.3, -0.25) is 0 Å². The highest BCUT2D eigenvalue weighted by atomic mass is 32.1. The molecule has 0 radical (unpaired) electrons. The molecule has 0 N–H and O–H groups in total. The number of fused-ring (bicyclic) bond motifs is 1. The molecule has 122 valence electrons. The smallest absolute Gasteiger partial charge is 0.234 e. The van der Waals surface area contributed by atoms with Crippen molar-refractivity contribution in [1.29, 1.82) is 0 Å². The fourth-order valence-corrected chi connectivity index (χ4v) is 4.10. The van der Waals surface area contributed by atoms with Crippen LogP contribution in [0.2, 0.25) is 0 Å². The Morgan fingerprint density at radius 1 is 1.08 bits per heavy atom. The molecule has 3 heterocycles. The van der Waals surface area contributed by atoms with Crippen LogP contribution in [0.25, 0.3) is 16.3 Å². The molecule has 1 aromatic carbocycles. The van der Waals surface area contributed by atoms with E-state index in [1.807, 2.05) is 18.2 Å². The molecule has 0 bridgehead atoms. The third-order valence-corrected chi connectivity index (χ3v) is 5.36. The summed E-state index contributed by atoms with van der Waals surface area (Å²) in [4.78, 5) is 2.07. The third kappa shape index (κ3) is 2.63. The Bertz CT molecular complexity index is 975. The predicted octanol–water partition coefficient (Wildman–Crippen LogP) is 3.52. The summed E-state index contributed by atoms with van der Waals surface area (Å²) in [7, 11) is 3.23. The van der Waals surface area contributed by atoms with Gasteiger partial charge in [-0.1, -0.05) is 17.4 Å². The zero-order valence-electron chi connectivity index (χ0n) is 13.1. The van der Waals surface area contributed by atoms with Crippen LogP contribution in [-0.4, -0.2) is 34.0 Å². The van der Waals surface area contributed by atoms with E-state index in [1.54, 1.807) is 41.4 Å². The lowest BCUT2D eigenvalue weighted by atomic mass is 10.2. The van der Waals surface area contributed by atoms with E-state index in [0.717, 1.165) is 22.0 Å². The van der Waals surface area contributed by atoms with E-state index in [-0.39, 0.29) is 0 Å². The first-order chi connectivity index (χ1) is 11.8. The zero-order chi connectivity index (χ0) is 16.5. The fourth-order valence-electron chi connectivity index (χ4n) is 2.45. The van der Waals surface area contributed by atoms with Crippen LogP contribution in [0.15, 0.2) is 35.7 Å². The zero-order valence-corrected chi connectivity index (χ0v) is 14.7. The number of benzene rings is 1. The van der Waals surface area contributed by atoms with Crippen molar-refractivity contribution in [2.24, 2.45) is 0 Å². The molecule has 0 aliphatic carbocycles. The van der Waals surface area contributed by atoms with Crippen molar-refractivity contribution in [3.63, 3.8) is 0 Å². The van der Waals surface area contributed by atoms with Crippen LogP contribution < -0.4 is 9.47 Å². The van der Waals surface area contributed by atoms with Gasteiger partial charge in [0.1, 0.15) is 5.01 Å². The van der Waals surface area contributed by atoms with Crippen LogP contribution in [0.4, 0.5) is 0 Å². The molecule has 24 heavy (non-hydrogen) atoms. The maximum Gasteiger partial charge on any atom is 0.234 e. The summed E-state index contributed by atoms with van der Waals surface area (Å²) in [5.74, 6) is 2.03. The van der Waals surface area contributed by atoms with Gasteiger partial charge in [0.15, 0.2) is 17.3 Å². The molecule has 0 fully saturated rings. The molecule has 0 saturated carbocycles. The summed E-state index contributed by atoms with van der Waals surface area (Å²) < 4.78 is 12.4. The van der Waals surface area contributed by atoms with Gasteiger partial charge >= 0.3 is 0 Å².